The minimum absolute atomic E-state index is 0.739. The average Bonchev–Trinajstić information content (AvgIpc) is 2.92. The first kappa shape index (κ1) is 15.1. The lowest BCUT2D eigenvalue weighted by molar-refractivity contribution is 0.488. The highest BCUT2D eigenvalue weighted by molar-refractivity contribution is 6.30. The van der Waals surface area contributed by atoms with Crippen LogP contribution in [0.25, 0.3) is 11.3 Å². The molecule has 0 saturated heterocycles. The van der Waals surface area contributed by atoms with Gasteiger partial charge in [-0.05, 0) is 62.5 Å². The lowest BCUT2D eigenvalue weighted by Gasteiger charge is -2.03. The lowest BCUT2D eigenvalue weighted by Crippen LogP contribution is -2.21. The first-order valence-corrected chi connectivity index (χ1v) is 7.43. The number of hydrogen-bond acceptors (Lipinski definition) is 3. The summed E-state index contributed by atoms with van der Waals surface area (Å²) in [6, 6.07) is 11.7. The quantitative estimate of drug-likeness (QED) is 0.729. The maximum atomic E-state index is 5.88. The minimum atomic E-state index is 0.739. The summed E-state index contributed by atoms with van der Waals surface area (Å²) < 4.78 is 5.82. The topological polar surface area (TPSA) is 37.2 Å². The minimum Gasteiger partial charge on any atom is -0.460 e. The maximum Gasteiger partial charge on any atom is 0.134 e. The zero-order valence-corrected chi connectivity index (χ0v) is 12.5. The van der Waals surface area contributed by atoms with Crippen LogP contribution in [0.4, 0.5) is 0 Å². The van der Waals surface area contributed by atoms with Gasteiger partial charge in [0.25, 0.3) is 0 Å². The van der Waals surface area contributed by atoms with Crippen molar-refractivity contribution in [3.63, 3.8) is 0 Å². The van der Waals surface area contributed by atoms with Crippen LogP contribution < -0.4 is 10.6 Å². The van der Waals surface area contributed by atoms with E-state index in [1.165, 1.54) is 0 Å². The summed E-state index contributed by atoms with van der Waals surface area (Å²) in [5, 5.41) is 7.42. The third kappa shape index (κ3) is 4.67. The monoisotopic (exact) mass is 292 g/mol. The van der Waals surface area contributed by atoms with Crippen LogP contribution in [-0.4, -0.2) is 19.6 Å². The smallest absolute Gasteiger partial charge is 0.134 e. The Morgan fingerprint density at radius 3 is 2.50 bits per heavy atom. The lowest BCUT2D eigenvalue weighted by atomic mass is 10.2. The van der Waals surface area contributed by atoms with Crippen molar-refractivity contribution in [2.24, 2.45) is 0 Å². The molecule has 20 heavy (non-hydrogen) atoms. The number of nitrogens with one attached hydrogen (secondary N) is 2. The van der Waals surface area contributed by atoms with Gasteiger partial charge in [-0.1, -0.05) is 18.5 Å². The molecule has 0 spiro atoms. The van der Waals surface area contributed by atoms with Crippen LogP contribution in [-0.2, 0) is 6.54 Å². The SMILES string of the molecule is CCNCCCNCc1ccc(-c2ccc(Cl)cc2)o1. The van der Waals surface area contributed by atoms with Gasteiger partial charge >= 0.3 is 0 Å². The van der Waals surface area contributed by atoms with E-state index >= 15 is 0 Å². The summed E-state index contributed by atoms with van der Waals surface area (Å²) in [6.45, 7) is 5.96. The molecule has 0 amide bonds. The van der Waals surface area contributed by atoms with Gasteiger partial charge in [0.2, 0.25) is 0 Å². The molecule has 2 N–H and O–H groups in total. The van der Waals surface area contributed by atoms with Gasteiger partial charge < -0.3 is 15.1 Å². The Balaban J connectivity index is 1.79. The molecule has 2 rings (SSSR count). The molecule has 108 valence electrons. The molecule has 0 radical (unpaired) electrons. The number of benzene rings is 1. The maximum absolute atomic E-state index is 5.88. The molecule has 2 aromatic rings. The van der Waals surface area contributed by atoms with Crippen molar-refractivity contribution in [3.05, 3.63) is 47.2 Å². The van der Waals surface area contributed by atoms with E-state index in [1.54, 1.807) is 0 Å². The molecule has 3 nitrogen and oxygen atoms in total. The van der Waals surface area contributed by atoms with E-state index in [0.29, 0.717) is 0 Å². The van der Waals surface area contributed by atoms with Crippen LogP contribution in [0.15, 0.2) is 40.8 Å². The molecule has 0 aliphatic rings. The second-order valence-electron chi connectivity index (χ2n) is 4.66. The summed E-state index contributed by atoms with van der Waals surface area (Å²) in [5.41, 5.74) is 1.05. The van der Waals surface area contributed by atoms with E-state index in [1.807, 2.05) is 36.4 Å². The molecule has 0 saturated carbocycles. The Morgan fingerprint density at radius 2 is 1.75 bits per heavy atom. The summed E-state index contributed by atoms with van der Waals surface area (Å²) in [7, 11) is 0. The molecule has 0 atom stereocenters. The molecule has 1 heterocycles. The Hall–Kier alpha value is -1.29. The van der Waals surface area contributed by atoms with Crippen LogP contribution in [0.2, 0.25) is 5.02 Å². The van der Waals surface area contributed by atoms with Gasteiger partial charge in [-0.3, -0.25) is 0 Å². The third-order valence-electron chi connectivity index (χ3n) is 3.05. The van der Waals surface area contributed by atoms with Crippen molar-refractivity contribution < 1.29 is 4.42 Å². The second-order valence-corrected chi connectivity index (χ2v) is 5.09. The highest BCUT2D eigenvalue weighted by atomic mass is 35.5. The summed E-state index contributed by atoms with van der Waals surface area (Å²) in [4.78, 5) is 0. The summed E-state index contributed by atoms with van der Waals surface area (Å²) >= 11 is 5.88. The van der Waals surface area contributed by atoms with Crippen molar-refractivity contribution in [2.45, 2.75) is 19.9 Å². The van der Waals surface area contributed by atoms with Gasteiger partial charge in [-0.2, -0.15) is 0 Å². The Morgan fingerprint density at radius 1 is 1.00 bits per heavy atom. The number of rotatable bonds is 8. The van der Waals surface area contributed by atoms with E-state index in [-0.39, 0.29) is 0 Å². The van der Waals surface area contributed by atoms with Crippen molar-refractivity contribution >= 4 is 11.6 Å². The average molecular weight is 293 g/mol. The third-order valence-corrected chi connectivity index (χ3v) is 3.30. The van der Waals surface area contributed by atoms with E-state index in [0.717, 1.165) is 54.7 Å². The first-order valence-electron chi connectivity index (χ1n) is 7.05. The number of furan rings is 1. The zero-order chi connectivity index (χ0) is 14.2. The van der Waals surface area contributed by atoms with Crippen molar-refractivity contribution in [1.82, 2.24) is 10.6 Å². The Kier molecular flexibility index (Phi) is 6.12. The largest absolute Gasteiger partial charge is 0.460 e. The number of hydrogen-bond donors (Lipinski definition) is 2. The predicted octanol–water partition coefficient (Wildman–Crippen LogP) is 3.69. The van der Waals surface area contributed by atoms with Gasteiger partial charge in [0.15, 0.2) is 0 Å². The van der Waals surface area contributed by atoms with Gasteiger partial charge in [-0.25, -0.2) is 0 Å². The van der Waals surface area contributed by atoms with Gasteiger partial charge in [-0.15, -0.1) is 0 Å². The molecule has 1 aromatic carbocycles. The second kappa shape index (κ2) is 8.10. The molecular weight excluding hydrogens is 272 g/mol. The fraction of sp³-hybridized carbons (Fsp3) is 0.375. The van der Waals surface area contributed by atoms with E-state index in [2.05, 4.69) is 17.6 Å². The highest BCUT2D eigenvalue weighted by Crippen LogP contribution is 2.23. The molecule has 0 bridgehead atoms. The fourth-order valence-corrected chi connectivity index (χ4v) is 2.09. The molecule has 0 unspecified atom stereocenters. The molecule has 4 heteroatoms. The van der Waals surface area contributed by atoms with Crippen molar-refractivity contribution in [1.29, 1.82) is 0 Å². The standard InChI is InChI=1S/C16H21ClN2O/c1-2-18-10-3-11-19-12-15-8-9-16(20-15)13-4-6-14(17)7-5-13/h4-9,18-19H,2-3,10-12H2,1H3. The molecule has 0 fully saturated rings. The van der Waals surface area contributed by atoms with Crippen molar-refractivity contribution in [2.75, 3.05) is 19.6 Å². The molecule has 1 aromatic heterocycles. The highest BCUT2D eigenvalue weighted by Gasteiger charge is 2.04. The molecular formula is C16H21ClN2O. The summed E-state index contributed by atoms with van der Waals surface area (Å²) in [6.07, 6.45) is 1.12. The summed E-state index contributed by atoms with van der Waals surface area (Å²) in [5.74, 6) is 1.84. The Bertz CT molecular complexity index is 507. The fourth-order valence-electron chi connectivity index (χ4n) is 1.97. The van der Waals surface area contributed by atoms with Crippen LogP contribution >= 0.6 is 11.6 Å². The van der Waals surface area contributed by atoms with E-state index < -0.39 is 0 Å². The normalized spacial score (nSPS) is 10.9. The zero-order valence-electron chi connectivity index (χ0n) is 11.8. The van der Waals surface area contributed by atoms with Crippen molar-refractivity contribution in [3.8, 4) is 11.3 Å². The molecule has 0 aliphatic carbocycles. The number of halogens is 1. The van der Waals surface area contributed by atoms with Gasteiger partial charge in [0, 0.05) is 10.6 Å². The predicted molar refractivity (Wildman–Crippen MR) is 84.0 cm³/mol. The first-order chi connectivity index (χ1) is 9.79. The Labute approximate surface area is 125 Å². The van der Waals surface area contributed by atoms with Crippen LogP contribution in [0.5, 0.6) is 0 Å². The van der Waals surface area contributed by atoms with Gasteiger partial charge in [0.1, 0.15) is 11.5 Å². The van der Waals surface area contributed by atoms with Crippen LogP contribution in [0.1, 0.15) is 19.1 Å². The molecule has 0 aliphatic heterocycles. The van der Waals surface area contributed by atoms with Gasteiger partial charge in [0.05, 0.1) is 6.54 Å². The van der Waals surface area contributed by atoms with Crippen LogP contribution in [0, 0.1) is 0 Å². The van der Waals surface area contributed by atoms with Crippen LogP contribution in [0.3, 0.4) is 0 Å². The van der Waals surface area contributed by atoms with E-state index in [4.69, 9.17) is 16.0 Å². The van der Waals surface area contributed by atoms with E-state index in [9.17, 15) is 0 Å².